The minimum absolute atomic E-state index is 0.131. The maximum absolute atomic E-state index is 12.1. The number of alkyl halides is 3. The summed E-state index contributed by atoms with van der Waals surface area (Å²) in [5.41, 5.74) is 2.17. The maximum atomic E-state index is 12.1. The highest BCUT2D eigenvalue weighted by Gasteiger charge is 2.25. The van der Waals surface area contributed by atoms with Crippen molar-refractivity contribution in [1.29, 1.82) is 0 Å². The second kappa shape index (κ2) is 11.4. The molecule has 1 aliphatic carbocycles. The van der Waals surface area contributed by atoms with E-state index in [9.17, 15) is 13.2 Å². The third kappa shape index (κ3) is 8.87. The van der Waals surface area contributed by atoms with Crippen molar-refractivity contribution in [2.24, 2.45) is 5.92 Å². The molecule has 150 valence electrons. The Bertz CT molecular complexity index is 581. The molecule has 0 bridgehead atoms. The molecule has 3 heteroatoms. The van der Waals surface area contributed by atoms with Crippen LogP contribution in [0.5, 0.6) is 0 Å². The molecule has 0 spiro atoms. The zero-order chi connectivity index (χ0) is 19.5. The average Bonchev–Trinajstić information content (AvgIpc) is 2.65. The normalized spacial score (nSPS) is 20.1. The van der Waals surface area contributed by atoms with Gasteiger partial charge in [0.2, 0.25) is 0 Å². The van der Waals surface area contributed by atoms with Gasteiger partial charge in [-0.2, -0.15) is 13.2 Å². The summed E-state index contributed by atoms with van der Waals surface area (Å²) >= 11 is 0. The Morgan fingerprint density at radius 2 is 1.59 bits per heavy atom. The lowest BCUT2D eigenvalue weighted by atomic mass is 9.77. The molecule has 0 unspecified atom stereocenters. The lowest BCUT2D eigenvalue weighted by molar-refractivity contribution is -0.133. The fourth-order valence-corrected chi connectivity index (χ4v) is 4.03. The number of hydrogen-bond donors (Lipinski definition) is 0. The smallest absolute Gasteiger partial charge is 0.171 e. The van der Waals surface area contributed by atoms with Crippen LogP contribution in [0.3, 0.4) is 0 Å². The van der Waals surface area contributed by atoms with E-state index in [2.05, 4.69) is 30.9 Å². The molecule has 0 N–H and O–H groups in total. The number of halogens is 3. The number of hydrogen-bond acceptors (Lipinski definition) is 0. The van der Waals surface area contributed by atoms with Gasteiger partial charge in [0.05, 0.1) is 6.42 Å². The summed E-state index contributed by atoms with van der Waals surface area (Å²) in [5, 5.41) is 0. The zero-order valence-electron chi connectivity index (χ0n) is 16.6. The summed E-state index contributed by atoms with van der Waals surface area (Å²) in [6.45, 7) is 2.26. The van der Waals surface area contributed by atoms with Gasteiger partial charge in [0.15, 0.2) is 0 Å². The third-order valence-electron chi connectivity index (χ3n) is 5.71. The third-order valence-corrected chi connectivity index (χ3v) is 5.71. The minimum Gasteiger partial charge on any atom is -0.171 e. The van der Waals surface area contributed by atoms with Gasteiger partial charge in [-0.05, 0) is 55.2 Å². The molecule has 1 fully saturated rings. The van der Waals surface area contributed by atoms with Crippen LogP contribution < -0.4 is 0 Å². The molecule has 0 radical (unpaired) electrons. The standard InChI is InChI=1S/C24H33F3/c1-2-3-4-5-6-9-20-11-15-22(16-12-20)23-17-13-21(14-18-23)10-7-8-19-24(25,26)27/h13-14,17-18,20,22H,2-6,8-9,11-12,15-16,19H2,1H3. The molecule has 1 saturated carbocycles. The summed E-state index contributed by atoms with van der Waals surface area (Å²) < 4.78 is 36.4. The topological polar surface area (TPSA) is 0 Å². The van der Waals surface area contributed by atoms with E-state index in [-0.39, 0.29) is 6.42 Å². The van der Waals surface area contributed by atoms with Gasteiger partial charge >= 0.3 is 6.18 Å². The van der Waals surface area contributed by atoms with Gasteiger partial charge < -0.3 is 0 Å². The molecule has 27 heavy (non-hydrogen) atoms. The Balaban J connectivity index is 1.71. The van der Waals surface area contributed by atoms with Gasteiger partial charge in [-0.3, -0.25) is 0 Å². The molecule has 0 atom stereocenters. The molecular formula is C24H33F3. The molecule has 0 saturated heterocycles. The van der Waals surface area contributed by atoms with E-state index in [1.54, 1.807) is 0 Å². The Labute approximate surface area is 162 Å². The lowest BCUT2D eigenvalue weighted by Gasteiger charge is -2.29. The van der Waals surface area contributed by atoms with Gasteiger partial charge in [-0.25, -0.2) is 0 Å². The Kier molecular flexibility index (Phi) is 9.25. The molecule has 2 rings (SSSR count). The van der Waals surface area contributed by atoms with Crippen LogP contribution in [0, 0.1) is 17.8 Å². The van der Waals surface area contributed by atoms with Crippen LogP contribution >= 0.6 is 0 Å². The summed E-state index contributed by atoms with van der Waals surface area (Å²) in [5.74, 6) is 7.00. The fraction of sp³-hybridized carbons (Fsp3) is 0.667. The first-order chi connectivity index (χ1) is 13.0. The Morgan fingerprint density at radius 1 is 0.926 bits per heavy atom. The highest BCUT2D eigenvalue weighted by Crippen LogP contribution is 2.37. The molecule has 1 aliphatic rings. The van der Waals surface area contributed by atoms with Crippen molar-refractivity contribution >= 4 is 0 Å². The quantitative estimate of drug-likeness (QED) is 0.317. The lowest BCUT2D eigenvalue weighted by Crippen LogP contribution is -2.13. The first-order valence-electron chi connectivity index (χ1n) is 10.6. The second-order valence-electron chi connectivity index (χ2n) is 7.96. The maximum Gasteiger partial charge on any atom is 0.390 e. The van der Waals surface area contributed by atoms with Crippen molar-refractivity contribution in [2.45, 2.75) is 96.1 Å². The van der Waals surface area contributed by atoms with Crippen LogP contribution in [-0.4, -0.2) is 6.18 Å². The Morgan fingerprint density at radius 3 is 2.22 bits per heavy atom. The van der Waals surface area contributed by atoms with Crippen LogP contribution in [0.4, 0.5) is 13.2 Å². The van der Waals surface area contributed by atoms with Crippen LogP contribution in [0.2, 0.25) is 0 Å². The summed E-state index contributed by atoms with van der Waals surface area (Å²) in [4.78, 5) is 0. The largest absolute Gasteiger partial charge is 0.390 e. The number of rotatable bonds is 8. The molecule has 0 nitrogen and oxygen atoms in total. The van der Waals surface area contributed by atoms with Gasteiger partial charge in [-0.1, -0.05) is 69.4 Å². The molecule has 1 aromatic rings. The van der Waals surface area contributed by atoms with Crippen molar-refractivity contribution in [3.05, 3.63) is 35.4 Å². The minimum atomic E-state index is -4.12. The fourth-order valence-electron chi connectivity index (χ4n) is 4.03. The van der Waals surface area contributed by atoms with Crippen LogP contribution in [-0.2, 0) is 0 Å². The highest BCUT2D eigenvalue weighted by molar-refractivity contribution is 5.37. The van der Waals surface area contributed by atoms with Crippen molar-refractivity contribution in [2.75, 3.05) is 0 Å². The molecule has 0 heterocycles. The summed E-state index contributed by atoms with van der Waals surface area (Å²) in [6, 6.07) is 8.14. The molecular weight excluding hydrogens is 345 g/mol. The average molecular weight is 379 g/mol. The van der Waals surface area contributed by atoms with E-state index in [1.807, 2.05) is 12.1 Å². The van der Waals surface area contributed by atoms with Gasteiger partial charge in [0.25, 0.3) is 0 Å². The van der Waals surface area contributed by atoms with Crippen molar-refractivity contribution in [3.8, 4) is 11.8 Å². The number of benzene rings is 1. The molecule has 0 aliphatic heterocycles. The van der Waals surface area contributed by atoms with Crippen LogP contribution in [0.15, 0.2) is 24.3 Å². The highest BCUT2D eigenvalue weighted by atomic mass is 19.4. The van der Waals surface area contributed by atoms with Gasteiger partial charge in [-0.15, -0.1) is 0 Å². The SMILES string of the molecule is CCCCCCCC1CCC(c2ccc(C#CCCC(F)(F)F)cc2)CC1. The number of unbranched alkanes of at least 4 members (excludes halogenated alkanes) is 4. The first kappa shape index (κ1) is 21.9. The van der Waals surface area contributed by atoms with E-state index in [0.29, 0.717) is 5.92 Å². The predicted octanol–water partition coefficient (Wildman–Crippen LogP) is 8.01. The van der Waals surface area contributed by atoms with Crippen LogP contribution in [0.25, 0.3) is 0 Å². The van der Waals surface area contributed by atoms with E-state index >= 15 is 0 Å². The molecule has 0 aromatic heterocycles. The predicted molar refractivity (Wildman–Crippen MR) is 107 cm³/mol. The van der Waals surface area contributed by atoms with Crippen molar-refractivity contribution in [1.82, 2.24) is 0 Å². The first-order valence-corrected chi connectivity index (χ1v) is 10.6. The molecule has 1 aromatic carbocycles. The van der Waals surface area contributed by atoms with E-state index in [0.717, 1.165) is 11.5 Å². The second-order valence-corrected chi connectivity index (χ2v) is 7.96. The summed E-state index contributed by atoms with van der Waals surface area (Å²) in [7, 11) is 0. The van der Waals surface area contributed by atoms with E-state index in [4.69, 9.17) is 0 Å². The van der Waals surface area contributed by atoms with Crippen molar-refractivity contribution in [3.63, 3.8) is 0 Å². The van der Waals surface area contributed by atoms with Crippen molar-refractivity contribution < 1.29 is 13.2 Å². The monoisotopic (exact) mass is 378 g/mol. The van der Waals surface area contributed by atoms with E-state index in [1.165, 1.54) is 69.8 Å². The summed E-state index contributed by atoms with van der Waals surface area (Å²) in [6.07, 6.45) is 8.33. The van der Waals surface area contributed by atoms with E-state index < -0.39 is 12.6 Å². The van der Waals surface area contributed by atoms with Gasteiger partial charge in [0, 0.05) is 12.0 Å². The Hall–Kier alpha value is -1.43. The van der Waals surface area contributed by atoms with Gasteiger partial charge in [0.1, 0.15) is 0 Å². The van der Waals surface area contributed by atoms with Crippen LogP contribution in [0.1, 0.15) is 101 Å². The molecule has 0 amide bonds. The zero-order valence-corrected chi connectivity index (χ0v) is 16.6.